The molecule has 1 unspecified atom stereocenters. The van der Waals surface area contributed by atoms with Gasteiger partial charge in [-0.2, -0.15) is 5.26 Å². The van der Waals surface area contributed by atoms with Gasteiger partial charge in [0, 0.05) is 24.4 Å². The summed E-state index contributed by atoms with van der Waals surface area (Å²) in [5.74, 6) is -0.184. The minimum atomic E-state index is -3.62. The van der Waals surface area contributed by atoms with Gasteiger partial charge in [0.15, 0.2) is 5.78 Å². The molecule has 0 fully saturated rings. The van der Waals surface area contributed by atoms with Crippen molar-refractivity contribution in [1.29, 1.82) is 5.26 Å². The molecule has 1 aromatic carbocycles. The summed E-state index contributed by atoms with van der Waals surface area (Å²) in [7, 11) is -2.09. The lowest BCUT2D eigenvalue weighted by molar-refractivity contribution is -0.125. The molecule has 0 bridgehead atoms. The topological polar surface area (TPSA) is 78.2 Å². The van der Waals surface area contributed by atoms with E-state index in [0.29, 0.717) is 6.42 Å². The SMILES string of the molecule is CN(CC1(C)C=C(C#N)C(=O)C(C)(C)C1)S(=O)(=O)c1ccccc1. The molecule has 2 rings (SSSR count). The highest BCUT2D eigenvalue weighted by molar-refractivity contribution is 7.89. The number of nitrogens with zero attached hydrogens (tertiary/aromatic N) is 2. The van der Waals surface area contributed by atoms with Gasteiger partial charge in [-0.1, -0.05) is 45.0 Å². The maximum Gasteiger partial charge on any atom is 0.242 e. The molecule has 6 heteroatoms. The number of rotatable bonds is 4. The third-order valence-corrected chi connectivity index (χ3v) is 6.17. The number of ketones is 1. The zero-order chi connectivity index (χ0) is 18.2. The van der Waals surface area contributed by atoms with Crippen LogP contribution in [0.3, 0.4) is 0 Å². The molecule has 24 heavy (non-hydrogen) atoms. The van der Waals surface area contributed by atoms with E-state index in [1.807, 2.05) is 13.0 Å². The predicted octanol–water partition coefficient (Wildman–Crippen LogP) is 2.76. The molecule has 0 radical (unpaired) electrons. The fraction of sp³-hybridized carbons (Fsp3) is 0.444. The van der Waals surface area contributed by atoms with E-state index in [1.165, 1.54) is 11.4 Å². The Morgan fingerprint density at radius 1 is 1.21 bits per heavy atom. The van der Waals surface area contributed by atoms with E-state index >= 15 is 0 Å². The van der Waals surface area contributed by atoms with Crippen molar-refractivity contribution < 1.29 is 13.2 Å². The molecule has 0 saturated carbocycles. The van der Waals surface area contributed by atoms with Gasteiger partial charge in [0.2, 0.25) is 10.0 Å². The summed E-state index contributed by atoms with van der Waals surface area (Å²) in [5.41, 5.74) is -1.16. The van der Waals surface area contributed by atoms with Gasteiger partial charge in [-0.05, 0) is 18.6 Å². The molecule has 0 N–H and O–H groups in total. The monoisotopic (exact) mass is 346 g/mol. The second kappa shape index (κ2) is 6.15. The molecule has 1 aromatic rings. The standard InChI is InChI=1S/C18H22N2O3S/c1-17(2)12-18(3,10-14(11-19)16(17)21)13-20(4)24(22,23)15-8-6-5-7-9-15/h5-10H,12-13H2,1-4H3. The van der Waals surface area contributed by atoms with Gasteiger partial charge < -0.3 is 0 Å². The average molecular weight is 346 g/mol. The van der Waals surface area contributed by atoms with Crippen molar-refractivity contribution in [3.05, 3.63) is 42.0 Å². The Labute approximate surface area is 143 Å². The summed E-state index contributed by atoms with van der Waals surface area (Å²) in [6.45, 7) is 5.68. The Balaban J connectivity index is 2.34. The normalized spacial score (nSPS) is 23.7. The molecule has 1 aliphatic rings. The van der Waals surface area contributed by atoms with Gasteiger partial charge in [0.1, 0.15) is 6.07 Å². The lowest BCUT2D eigenvalue weighted by Gasteiger charge is -2.40. The summed E-state index contributed by atoms with van der Waals surface area (Å²) in [4.78, 5) is 12.5. The Hall–Kier alpha value is -1.97. The Bertz CT molecular complexity index is 820. The summed E-state index contributed by atoms with van der Waals surface area (Å²) in [5, 5.41) is 9.23. The first-order valence-electron chi connectivity index (χ1n) is 7.71. The van der Waals surface area contributed by atoms with Gasteiger partial charge in [0.05, 0.1) is 10.5 Å². The fourth-order valence-electron chi connectivity index (χ4n) is 3.47. The number of allylic oxidation sites excluding steroid dienone is 1. The molecule has 5 nitrogen and oxygen atoms in total. The van der Waals surface area contributed by atoms with E-state index in [-0.39, 0.29) is 22.8 Å². The molecule has 0 heterocycles. The Morgan fingerprint density at radius 3 is 2.33 bits per heavy atom. The van der Waals surface area contributed by atoms with E-state index in [0.717, 1.165) is 0 Å². The third-order valence-electron chi connectivity index (χ3n) is 4.35. The van der Waals surface area contributed by atoms with Crippen LogP contribution in [0.2, 0.25) is 0 Å². The highest BCUT2D eigenvalue weighted by Gasteiger charge is 2.44. The maximum absolute atomic E-state index is 12.7. The molecule has 1 aliphatic carbocycles. The lowest BCUT2D eigenvalue weighted by atomic mass is 9.65. The van der Waals surface area contributed by atoms with E-state index < -0.39 is 20.9 Å². The van der Waals surface area contributed by atoms with Gasteiger partial charge >= 0.3 is 0 Å². The summed E-state index contributed by atoms with van der Waals surface area (Å²) < 4.78 is 26.7. The van der Waals surface area contributed by atoms with E-state index in [9.17, 15) is 18.5 Å². The van der Waals surface area contributed by atoms with E-state index in [4.69, 9.17) is 0 Å². The van der Waals surface area contributed by atoms with Crippen molar-refractivity contribution in [2.75, 3.05) is 13.6 Å². The van der Waals surface area contributed by atoms with Crippen molar-refractivity contribution in [3.8, 4) is 6.07 Å². The van der Waals surface area contributed by atoms with Gasteiger partial charge in [-0.25, -0.2) is 12.7 Å². The number of carbonyl (C=O) groups is 1. The molecular formula is C18H22N2O3S. The van der Waals surface area contributed by atoms with E-state index in [2.05, 4.69) is 0 Å². The van der Waals surface area contributed by atoms with Gasteiger partial charge in [0.25, 0.3) is 0 Å². The van der Waals surface area contributed by atoms with Crippen LogP contribution >= 0.6 is 0 Å². The second-order valence-corrected chi connectivity index (χ2v) is 9.33. The van der Waals surface area contributed by atoms with Crippen LogP contribution in [0, 0.1) is 22.2 Å². The van der Waals surface area contributed by atoms with Crippen LogP contribution in [0.4, 0.5) is 0 Å². The summed E-state index contributed by atoms with van der Waals surface area (Å²) in [6.07, 6.45) is 2.11. The van der Waals surface area contributed by atoms with Crippen LogP contribution in [0.1, 0.15) is 27.2 Å². The number of carbonyl (C=O) groups excluding carboxylic acids is 1. The third kappa shape index (κ3) is 3.42. The van der Waals surface area contributed by atoms with Crippen molar-refractivity contribution in [1.82, 2.24) is 4.31 Å². The first kappa shape index (κ1) is 18.4. The second-order valence-electron chi connectivity index (χ2n) is 7.29. The first-order valence-corrected chi connectivity index (χ1v) is 9.15. The van der Waals surface area contributed by atoms with Gasteiger partial charge in [-0.3, -0.25) is 4.79 Å². The zero-order valence-corrected chi connectivity index (χ0v) is 15.2. The van der Waals surface area contributed by atoms with Crippen LogP contribution in [0.25, 0.3) is 0 Å². The molecule has 0 aromatic heterocycles. The number of sulfonamides is 1. The minimum Gasteiger partial charge on any atom is -0.293 e. The van der Waals surface area contributed by atoms with Crippen molar-refractivity contribution in [2.24, 2.45) is 10.8 Å². The number of nitriles is 1. The zero-order valence-electron chi connectivity index (χ0n) is 14.4. The van der Waals surface area contributed by atoms with Crippen LogP contribution < -0.4 is 0 Å². The maximum atomic E-state index is 12.7. The quantitative estimate of drug-likeness (QED) is 0.840. The van der Waals surface area contributed by atoms with Gasteiger partial charge in [-0.15, -0.1) is 0 Å². The molecular weight excluding hydrogens is 324 g/mol. The van der Waals surface area contributed by atoms with Crippen LogP contribution in [0.15, 0.2) is 46.9 Å². The number of benzene rings is 1. The predicted molar refractivity (Wildman–Crippen MR) is 91.5 cm³/mol. The Morgan fingerprint density at radius 2 is 1.79 bits per heavy atom. The highest BCUT2D eigenvalue weighted by Crippen LogP contribution is 2.43. The van der Waals surface area contributed by atoms with Crippen LogP contribution in [-0.2, 0) is 14.8 Å². The van der Waals surface area contributed by atoms with Crippen molar-refractivity contribution >= 4 is 15.8 Å². The smallest absolute Gasteiger partial charge is 0.242 e. The summed E-state index contributed by atoms with van der Waals surface area (Å²) >= 11 is 0. The van der Waals surface area contributed by atoms with Crippen molar-refractivity contribution in [2.45, 2.75) is 32.1 Å². The number of hydrogen-bond acceptors (Lipinski definition) is 4. The minimum absolute atomic E-state index is 0.110. The van der Waals surface area contributed by atoms with Crippen molar-refractivity contribution in [3.63, 3.8) is 0 Å². The number of Topliss-reactive ketones (excluding diaryl/α,β-unsaturated/α-hetero) is 1. The Kier molecular flexibility index (Phi) is 4.71. The molecule has 0 saturated heterocycles. The first-order chi connectivity index (χ1) is 11.0. The summed E-state index contributed by atoms with van der Waals surface area (Å²) in [6, 6.07) is 10.2. The average Bonchev–Trinajstić information content (AvgIpc) is 2.51. The van der Waals surface area contributed by atoms with Crippen LogP contribution in [-0.4, -0.2) is 32.1 Å². The lowest BCUT2D eigenvalue weighted by Crippen LogP contribution is -2.44. The molecule has 0 spiro atoms. The largest absolute Gasteiger partial charge is 0.293 e. The molecule has 1 atom stereocenters. The number of hydrogen-bond donors (Lipinski definition) is 0. The molecule has 0 aliphatic heterocycles. The van der Waals surface area contributed by atoms with E-state index in [1.54, 1.807) is 50.3 Å². The molecule has 0 amide bonds. The fourth-order valence-corrected chi connectivity index (χ4v) is 4.80. The highest BCUT2D eigenvalue weighted by atomic mass is 32.2. The van der Waals surface area contributed by atoms with Crippen LogP contribution in [0.5, 0.6) is 0 Å². The molecule has 128 valence electrons.